The van der Waals surface area contributed by atoms with E-state index in [1.165, 1.54) is 12.2 Å². The molecule has 1 N–H and O–H groups in total. The molecule has 0 saturated heterocycles. The summed E-state index contributed by atoms with van der Waals surface area (Å²) >= 11 is 0. The van der Waals surface area contributed by atoms with Crippen LogP contribution in [0.4, 0.5) is 10.2 Å². The van der Waals surface area contributed by atoms with Crippen molar-refractivity contribution in [3.05, 3.63) is 77.8 Å². The second kappa shape index (κ2) is 9.28. The first-order valence-corrected chi connectivity index (χ1v) is 9.60. The molecule has 0 aromatic carbocycles. The third kappa shape index (κ3) is 5.16. The molecule has 0 fully saturated rings. The molecule has 6 heteroatoms. The number of nitrogens with one attached hydrogen (secondary N) is 1. The van der Waals surface area contributed by atoms with Crippen LogP contribution in [0.5, 0.6) is 0 Å². The van der Waals surface area contributed by atoms with Gasteiger partial charge in [-0.15, -0.1) is 0 Å². The maximum atomic E-state index is 13.7. The van der Waals surface area contributed by atoms with E-state index in [0.29, 0.717) is 43.7 Å². The fourth-order valence-electron chi connectivity index (χ4n) is 3.45. The number of nitrogens with zero attached hydrogens (tertiary/aromatic N) is 2. The van der Waals surface area contributed by atoms with Gasteiger partial charge < -0.3 is 10.2 Å². The number of carbonyl (C=O) groups is 2. The van der Waals surface area contributed by atoms with Gasteiger partial charge in [0.15, 0.2) is 0 Å². The highest BCUT2D eigenvalue weighted by Crippen LogP contribution is 2.26. The number of anilines is 1. The summed E-state index contributed by atoms with van der Waals surface area (Å²) in [5, 5.41) is 2.74. The van der Waals surface area contributed by atoms with Gasteiger partial charge in [-0.05, 0) is 48.1 Å². The topological polar surface area (TPSA) is 62.3 Å². The van der Waals surface area contributed by atoms with E-state index in [4.69, 9.17) is 0 Å². The number of amides is 2. The van der Waals surface area contributed by atoms with Gasteiger partial charge in [-0.1, -0.05) is 31.4 Å². The Hall–Kier alpha value is -3.28. The van der Waals surface area contributed by atoms with Crippen LogP contribution >= 0.6 is 0 Å². The van der Waals surface area contributed by atoms with Crippen molar-refractivity contribution in [2.45, 2.75) is 25.7 Å². The molecule has 2 amide bonds. The number of aryl methyl sites for hydroxylation is 1. The summed E-state index contributed by atoms with van der Waals surface area (Å²) in [5.41, 5.74) is 3.06. The summed E-state index contributed by atoms with van der Waals surface area (Å²) in [7, 11) is 0. The van der Waals surface area contributed by atoms with Crippen LogP contribution in [-0.2, 0) is 16.0 Å². The van der Waals surface area contributed by atoms with Crippen LogP contribution in [0.1, 0.15) is 30.4 Å². The molecule has 0 aliphatic carbocycles. The summed E-state index contributed by atoms with van der Waals surface area (Å²) in [6.45, 7) is 8.01. The third-order valence-electron chi connectivity index (χ3n) is 4.95. The van der Waals surface area contributed by atoms with Gasteiger partial charge in [0.2, 0.25) is 11.8 Å². The molecule has 0 radical (unpaired) electrons. The van der Waals surface area contributed by atoms with Crippen molar-refractivity contribution in [2.75, 3.05) is 18.4 Å². The largest absolute Gasteiger partial charge is 0.335 e. The number of halogens is 1. The van der Waals surface area contributed by atoms with E-state index in [0.717, 1.165) is 23.1 Å². The van der Waals surface area contributed by atoms with E-state index in [9.17, 15) is 14.0 Å². The minimum absolute atomic E-state index is 0.0283. The highest BCUT2D eigenvalue weighted by Gasteiger charge is 2.18. The molecule has 0 atom stereocenters. The zero-order chi connectivity index (χ0) is 20.8. The summed E-state index contributed by atoms with van der Waals surface area (Å²) in [6.07, 6.45) is 12.4. The maximum Gasteiger partial charge on any atom is 0.246 e. The molecule has 0 unspecified atom stereocenters. The van der Waals surface area contributed by atoms with Crippen LogP contribution in [0.25, 0.3) is 6.08 Å². The molecule has 1 aromatic rings. The fraction of sp³-hybridized carbons (Fsp3) is 0.261. The van der Waals surface area contributed by atoms with Crippen molar-refractivity contribution >= 4 is 23.7 Å². The highest BCUT2D eigenvalue weighted by atomic mass is 19.1. The van der Waals surface area contributed by atoms with Gasteiger partial charge in [-0.2, -0.15) is 0 Å². The number of rotatable bonds is 5. The molecule has 0 saturated carbocycles. The van der Waals surface area contributed by atoms with E-state index < -0.39 is 5.83 Å². The van der Waals surface area contributed by atoms with E-state index >= 15 is 0 Å². The third-order valence-corrected chi connectivity index (χ3v) is 4.95. The molecular formula is C23H24FN3O2. The van der Waals surface area contributed by atoms with Gasteiger partial charge in [0.05, 0.1) is 0 Å². The predicted molar refractivity (Wildman–Crippen MR) is 113 cm³/mol. The number of pyridine rings is 1. The summed E-state index contributed by atoms with van der Waals surface area (Å²) < 4.78 is 13.7. The molecule has 5 nitrogen and oxygen atoms in total. The lowest BCUT2D eigenvalue weighted by molar-refractivity contribution is -0.125. The normalized spacial score (nSPS) is 17.3. The van der Waals surface area contributed by atoms with Crippen molar-refractivity contribution in [2.24, 2.45) is 0 Å². The number of carbonyl (C=O) groups excluding carboxylic acids is 2. The van der Waals surface area contributed by atoms with Gasteiger partial charge in [0.25, 0.3) is 0 Å². The molecule has 3 rings (SSSR count). The van der Waals surface area contributed by atoms with Crippen LogP contribution in [0.2, 0.25) is 0 Å². The smallest absolute Gasteiger partial charge is 0.246 e. The number of hydrogen-bond donors (Lipinski definition) is 1. The molecular weight excluding hydrogens is 369 g/mol. The Morgan fingerprint density at radius 2 is 2.14 bits per heavy atom. The van der Waals surface area contributed by atoms with E-state index in [2.05, 4.69) is 23.5 Å². The van der Waals surface area contributed by atoms with E-state index in [1.54, 1.807) is 23.2 Å². The molecule has 2 aliphatic heterocycles. The number of allylic oxidation sites excluding steroid dienone is 5. The van der Waals surface area contributed by atoms with Crippen LogP contribution in [0.3, 0.4) is 0 Å². The summed E-state index contributed by atoms with van der Waals surface area (Å²) in [5.74, 6) is -0.0407. The lowest BCUT2D eigenvalue weighted by Gasteiger charge is -2.17. The van der Waals surface area contributed by atoms with Gasteiger partial charge in [-0.25, -0.2) is 9.37 Å². The first-order chi connectivity index (χ1) is 14.0. The summed E-state index contributed by atoms with van der Waals surface area (Å²) in [6, 6.07) is 1.94. The van der Waals surface area contributed by atoms with Crippen molar-refractivity contribution in [1.29, 1.82) is 0 Å². The van der Waals surface area contributed by atoms with Crippen molar-refractivity contribution in [3.63, 3.8) is 0 Å². The standard InChI is InChI=1S/C23H24FN3O2/c1-3-5-20(16(2)24)18-6-4-12-27(13-11-18)22(29)10-7-17-14-19-8-9-21(28)26-23(19)25-15-17/h3,5,7,10-11,14-15H,1-2,4,6,8-9,12-13H2,(H,25,26,28)/b10-7+,20-5+. The first-order valence-electron chi connectivity index (χ1n) is 9.60. The van der Waals surface area contributed by atoms with Crippen LogP contribution in [-0.4, -0.2) is 34.8 Å². The fourth-order valence-corrected chi connectivity index (χ4v) is 3.45. The van der Waals surface area contributed by atoms with Crippen molar-refractivity contribution < 1.29 is 14.0 Å². The molecule has 150 valence electrons. The minimum atomic E-state index is -0.494. The predicted octanol–water partition coefficient (Wildman–Crippen LogP) is 4.12. The zero-order valence-electron chi connectivity index (χ0n) is 16.3. The first kappa shape index (κ1) is 20.5. The van der Waals surface area contributed by atoms with Gasteiger partial charge in [0.1, 0.15) is 11.6 Å². The Morgan fingerprint density at radius 3 is 2.90 bits per heavy atom. The highest BCUT2D eigenvalue weighted by molar-refractivity contribution is 5.94. The van der Waals surface area contributed by atoms with Gasteiger partial charge in [0, 0.05) is 37.4 Å². The molecule has 0 bridgehead atoms. The van der Waals surface area contributed by atoms with Gasteiger partial charge in [-0.3, -0.25) is 9.59 Å². The minimum Gasteiger partial charge on any atom is -0.335 e. The monoisotopic (exact) mass is 393 g/mol. The second-order valence-electron chi connectivity index (χ2n) is 7.00. The lowest BCUT2D eigenvalue weighted by Crippen LogP contribution is -2.29. The number of hydrogen-bond acceptors (Lipinski definition) is 3. The van der Waals surface area contributed by atoms with Crippen molar-refractivity contribution in [1.82, 2.24) is 9.88 Å². The van der Waals surface area contributed by atoms with Crippen molar-refractivity contribution in [3.8, 4) is 0 Å². The van der Waals surface area contributed by atoms with Crippen LogP contribution in [0, 0.1) is 0 Å². The molecule has 29 heavy (non-hydrogen) atoms. The second-order valence-corrected chi connectivity index (χ2v) is 7.00. The molecule has 1 aromatic heterocycles. The van der Waals surface area contributed by atoms with E-state index in [-0.39, 0.29) is 11.8 Å². The number of fused-ring (bicyclic) bond motifs is 1. The summed E-state index contributed by atoms with van der Waals surface area (Å²) in [4.78, 5) is 30.0. The zero-order valence-corrected chi connectivity index (χ0v) is 16.3. The molecule has 0 spiro atoms. The Bertz CT molecular complexity index is 943. The lowest BCUT2D eigenvalue weighted by atomic mass is 10.0. The Labute approximate surface area is 170 Å². The van der Waals surface area contributed by atoms with E-state index in [1.807, 2.05) is 12.1 Å². The maximum absolute atomic E-state index is 13.7. The number of aromatic nitrogens is 1. The van der Waals surface area contributed by atoms with Crippen LogP contribution in [0.15, 0.2) is 66.7 Å². The average Bonchev–Trinajstić information content (AvgIpc) is 2.96. The Kier molecular flexibility index (Phi) is 6.54. The molecule has 2 aliphatic rings. The average molecular weight is 393 g/mol. The quantitative estimate of drug-likeness (QED) is 0.605. The van der Waals surface area contributed by atoms with Crippen LogP contribution < -0.4 is 5.32 Å². The Morgan fingerprint density at radius 1 is 1.31 bits per heavy atom. The van der Waals surface area contributed by atoms with Gasteiger partial charge >= 0.3 is 0 Å². The SMILES string of the molecule is C=C/C=C(\C(=C)F)C1=CCN(C(=O)/C=C/c2cnc3c(c2)CCC(=O)N3)CCC1. The Balaban J connectivity index is 1.68. The molecule has 3 heterocycles.